The first-order valence-electron chi connectivity index (χ1n) is 3.90. The van der Waals surface area contributed by atoms with Crippen molar-refractivity contribution in [1.82, 2.24) is 9.59 Å². The van der Waals surface area contributed by atoms with E-state index in [1.165, 1.54) is 11.5 Å². The SMILES string of the molecule is CCCCC(=O)Nc1cnns1. The average Bonchev–Trinajstić information content (AvgIpc) is 2.53. The number of amides is 1. The lowest BCUT2D eigenvalue weighted by atomic mass is 10.2. The van der Waals surface area contributed by atoms with Gasteiger partial charge in [0, 0.05) is 18.0 Å². The molecular formula is C7H11N3OS. The number of carbonyl (C=O) groups is 1. The van der Waals surface area contributed by atoms with Gasteiger partial charge in [0.1, 0.15) is 5.00 Å². The molecule has 0 radical (unpaired) electrons. The Morgan fingerprint density at radius 3 is 3.17 bits per heavy atom. The zero-order valence-electron chi connectivity index (χ0n) is 6.91. The Hall–Kier alpha value is -0.970. The van der Waals surface area contributed by atoms with Gasteiger partial charge in [-0.15, -0.1) is 5.10 Å². The normalized spacial score (nSPS) is 9.75. The first-order valence-corrected chi connectivity index (χ1v) is 4.67. The fourth-order valence-corrected chi connectivity index (χ4v) is 1.20. The molecule has 0 aliphatic rings. The van der Waals surface area contributed by atoms with Crippen molar-refractivity contribution in [2.75, 3.05) is 5.32 Å². The minimum atomic E-state index is 0.0444. The number of nitrogens with one attached hydrogen (secondary N) is 1. The highest BCUT2D eigenvalue weighted by molar-refractivity contribution is 7.10. The van der Waals surface area contributed by atoms with E-state index >= 15 is 0 Å². The summed E-state index contributed by atoms with van der Waals surface area (Å²) in [6.45, 7) is 2.06. The summed E-state index contributed by atoms with van der Waals surface area (Å²) < 4.78 is 3.63. The second kappa shape index (κ2) is 4.82. The topological polar surface area (TPSA) is 54.9 Å². The van der Waals surface area contributed by atoms with E-state index in [2.05, 4.69) is 21.8 Å². The summed E-state index contributed by atoms with van der Waals surface area (Å²) in [7, 11) is 0. The molecule has 1 amide bonds. The van der Waals surface area contributed by atoms with E-state index in [9.17, 15) is 4.79 Å². The molecule has 0 aliphatic carbocycles. The zero-order chi connectivity index (χ0) is 8.81. The van der Waals surface area contributed by atoms with Crippen LogP contribution in [-0.2, 0) is 4.79 Å². The van der Waals surface area contributed by atoms with Crippen LogP contribution < -0.4 is 5.32 Å². The van der Waals surface area contributed by atoms with Crippen molar-refractivity contribution in [1.29, 1.82) is 0 Å². The van der Waals surface area contributed by atoms with Gasteiger partial charge >= 0.3 is 0 Å². The van der Waals surface area contributed by atoms with Crippen LogP contribution in [0.5, 0.6) is 0 Å². The van der Waals surface area contributed by atoms with Crippen LogP contribution in [0.3, 0.4) is 0 Å². The van der Waals surface area contributed by atoms with Crippen LogP contribution in [0.25, 0.3) is 0 Å². The molecule has 0 saturated heterocycles. The Morgan fingerprint density at radius 2 is 2.58 bits per heavy atom. The minimum absolute atomic E-state index is 0.0444. The second-order valence-corrected chi connectivity index (χ2v) is 3.22. The quantitative estimate of drug-likeness (QED) is 0.776. The van der Waals surface area contributed by atoms with Gasteiger partial charge in [0.25, 0.3) is 0 Å². The lowest BCUT2D eigenvalue weighted by Gasteiger charge is -1.98. The maximum atomic E-state index is 11.1. The summed E-state index contributed by atoms with van der Waals surface area (Å²) in [5, 5.41) is 7.04. The van der Waals surface area contributed by atoms with Gasteiger partial charge in [-0.2, -0.15) is 0 Å². The first kappa shape index (κ1) is 9.12. The third-order valence-electron chi connectivity index (χ3n) is 1.38. The van der Waals surface area contributed by atoms with E-state index in [4.69, 9.17) is 0 Å². The minimum Gasteiger partial charge on any atom is -0.315 e. The standard InChI is InChI=1S/C7H11N3OS/c1-2-3-4-6(11)9-7-5-8-10-12-7/h5H,2-4H2,1H3,(H,9,11). The molecule has 0 unspecified atom stereocenters. The van der Waals surface area contributed by atoms with Crippen molar-refractivity contribution in [3.05, 3.63) is 6.20 Å². The number of rotatable bonds is 4. The predicted molar refractivity (Wildman–Crippen MR) is 48.1 cm³/mol. The summed E-state index contributed by atoms with van der Waals surface area (Å²) in [6.07, 6.45) is 4.09. The smallest absolute Gasteiger partial charge is 0.225 e. The molecule has 1 N–H and O–H groups in total. The van der Waals surface area contributed by atoms with E-state index in [0.717, 1.165) is 17.8 Å². The number of unbranched alkanes of at least 4 members (excludes halogenated alkanes) is 1. The van der Waals surface area contributed by atoms with Crippen molar-refractivity contribution >= 4 is 22.4 Å². The Morgan fingerprint density at radius 1 is 1.75 bits per heavy atom. The van der Waals surface area contributed by atoms with Gasteiger partial charge in [-0.1, -0.05) is 17.8 Å². The summed E-state index contributed by atoms with van der Waals surface area (Å²) in [5.41, 5.74) is 0. The summed E-state index contributed by atoms with van der Waals surface area (Å²) in [6, 6.07) is 0. The predicted octanol–water partition coefficient (Wildman–Crippen LogP) is 1.67. The highest BCUT2D eigenvalue weighted by Gasteiger charge is 2.02. The summed E-state index contributed by atoms with van der Waals surface area (Å²) >= 11 is 1.19. The van der Waals surface area contributed by atoms with Crippen LogP contribution in [0.15, 0.2) is 6.20 Å². The maximum absolute atomic E-state index is 11.1. The van der Waals surface area contributed by atoms with Crippen molar-refractivity contribution in [3.63, 3.8) is 0 Å². The van der Waals surface area contributed by atoms with Gasteiger partial charge in [-0.25, -0.2) is 0 Å². The van der Waals surface area contributed by atoms with Crippen LogP contribution in [0.2, 0.25) is 0 Å². The van der Waals surface area contributed by atoms with Gasteiger partial charge in [0.15, 0.2) is 0 Å². The van der Waals surface area contributed by atoms with Crippen LogP contribution in [0.1, 0.15) is 26.2 Å². The largest absolute Gasteiger partial charge is 0.315 e. The molecule has 0 aliphatic heterocycles. The van der Waals surface area contributed by atoms with Crippen molar-refractivity contribution in [3.8, 4) is 0 Å². The molecule has 5 heteroatoms. The molecule has 0 fully saturated rings. The van der Waals surface area contributed by atoms with Crippen molar-refractivity contribution in [2.24, 2.45) is 0 Å². The Kier molecular flexibility index (Phi) is 3.66. The number of anilines is 1. The van der Waals surface area contributed by atoms with Crippen LogP contribution in [-0.4, -0.2) is 15.5 Å². The number of nitrogens with zero attached hydrogens (tertiary/aromatic N) is 2. The van der Waals surface area contributed by atoms with E-state index in [-0.39, 0.29) is 5.91 Å². The Balaban J connectivity index is 2.27. The zero-order valence-corrected chi connectivity index (χ0v) is 7.73. The fourth-order valence-electron chi connectivity index (χ4n) is 0.759. The van der Waals surface area contributed by atoms with Gasteiger partial charge in [-0.3, -0.25) is 4.79 Å². The molecular weight excluding hydrogens is 174 g/mol. The Bertz CT molecular complexity index is 235. The van der Waals surface area contributed by atoms with E-state index in [0.29, 0.717) is 6.42 Å². The molecule has 1 aromatic rings. The number of hydrogen-bond donors (Lipinski definition) is 1. The van der Waals surface area contributed by atoms with Crippen molar-refractivity contribution in [2.45, 2.75) is 26.2 Å². The molecule has 1 aromatic heterocycles. The van der Waals surface area contributed by atoms with Gasteiger partial charge in [-0.05, 0) is 6.42 Å². The average molecular weight is 185 g/mol. The number of aromatic nitrogens is 2. The molecule has 0 saturated carbocycles. The number of hydrogen-bond acceptors (Lipinski definition) is 4. The molecule has 0 atom stereocenters. The fraction of sp³-hybridized carbons (Fsp3) is 0.571. The number of carbonyl (C=O) groups excluding carboxylic acids is 1. The Labute approximate surface area is 75.2 Å². The molecule has 1 rings (SSSR count). The molecule has 0 aromatic carbocycles. The van der Waals surface area contributed by atoms with Gasteiger partial charge in [0.2, 0.25) is 5.91 Å². The van der Waals surface area contributed by atoms with Crippen LogP contribution in [0.4, 0.5) is 5.00 Å². The second-order valence-electron chi connectivity index (χ2n) is 2.43. The van der Waals surface area contributed by atoms with E-state index in [1.54, 1.807) is 6.20 Å². The van der Waals surface area contributed by atoms with Crippen LogP contribution >= 0.6 is 11.5 Å². The van der Waals surface area contributed by atoms with E-state index < -0.39 is 0 Å². The maximum Gasteiger partial charge on any atom is 0.225 e. The lowest BCUT2D eigenvalue weighted by molar-refractivity contribution is -0.116. The van der Waals surface area contributed by atoms with Gasteiger partial charge in [0.05, 0.1) is 6.20 Å². The monoisotopic (exact) mass is 185 g/mol. The van der Waals surface area contributed by atoms with Crippen LogP contribution in [0, 0.1) is 0 Å². The highest BCUT2D eigenvalue weighted by atomic mass is 32.1. The third-order valence-corrected chi connectivity index (χ3v) is 1.96. The van der Waals surface area contributed by atoms with Crippen molar-refractivity contribution < 1.29 is 4.79 Å². The van der Waals surface area contributed by atoms with E-state index in [1.807, 2.05) is 0 Å². The third kappa shape index (κ3) is 2.96. The summed E-state index contributed by atoms with van der Waals surface area (Å²) in [4.78, 5) is 11.1. The molecule has 66 valence electrons. The molecule has 1 heterocycles. The molecule has 0 spiro atoms. The lowest BCUT2D eigenvalue weighted by Crippen LogP contribution is -2.09. The first-order chi connectivity index (χ1) is 5.83. The van der Waals surface area contributed by atoms with Gasteiger partial charge < -0.3 is 5.32 Å². The highest BCUT2D eigenvalue weighted by Crippen LogP contribution is 2.09. The molecule has 4 nitrogen and oxygen atoms in total. The molecule has 0 bridgehead atoms. The molecule has 12 heavy (non-hydrogen) atoms. The summed E-state index contributed by atoms with van der Waals surface area (Å²) in [5.74, 6) is 0.0444.